The second-order valence-electron chi connectivity index (χ2n) is 9.52. The molecular formula is C27H32N4O3. The number of aromatic nitrogens is 2. The average Bonchev–Trinajstić information content (AvgIpc) is 3.52. The number of likely N-dealkylation sites (tertiary alicyclic amines) is 1. The smallest absolute Gasteiger partial charge is 0.247 e. The zero-order chi connectivity index (χ0) is 23.7. The van der Waals surface area contributed by atoms with E-state index in [9.17, 15) is 9.59 Å². The number of aryl methyl sites for hydroxylation is 1. The Morgan fingerprint density at radius 1 is 1.06 bits per heavy atom. The van der Waals surface area contributed by atoms with Crippen LogP contribution in [0.1, 0.15) is 50.5 Å². The number of benzene rings is 2. The monoisotopic (exact) mass is 460 g/mol. The second-order valence-corrected chi connectivity index (χ2v) is 9.52. The number of ether oxygens (including phenoxy) is 1. The highest BCUT2D eigenvalue weighted by Gasteiger charge is 2.47. The van der Waals surface area contributed by atoms with Crippen molar-refractivity contribution >= 4 is 28.4 Å². The molecule has 5 rings (SSSR count). The Hall–Kier alpha value is -3.35. The molecule has 1 aliphatic heterocycles. The van der Waals surface area contributed by atoms with Crippen molar-refractivity contribution in [1.82, 2.24) is 14.7 Å². The summed E-state index contributed by atoms with van der Waals surface area (Å²) in [7, 11) is 3.53. The standard InChI is InChI=1S/C27H32N4O3/c1-30-23-9-6-8-22(21(23)18-28-30)29-25(32)24-10-7-17-31(24)26(33)27(15-4-3-5-16-27)19-11-13-20(34-2)14-12-19/h6,8-9,11-14,18,24H,3-5,7,10,15-17H2,1-2H3,(H,29,32)/t24-/m0/s1. The van der Waals surface area contributed by atoms with E-state index in [-0.39, 0.29) is 11.8 Å². The van der Waals surface area contributed by atoms with Crippen LogP contribution in [0.4, 0.5) is 5.69 Å². The molecule has 2 fully saturated rings. The van der Waals surface area contributed by atoms with E-state index in [1.807, 2.05) is 54.4 Å². The number of nitrogens with one attached hydrogen (secondary N) is 1. The molecule has 1 atom stereocenters. The Labute approximate surface area is 200 Å². The summed E-state index contributed by atoms with van der Waals surface area (Å²) in [6, 6.07) is 13.2. The summed E-state index contributed by atoms with van der Waals surface area (Å²) in [5, 5.41) is 8.30. The van der Waals surface area contributed by atoms with E-state index in [4.69, 9.17) is 4.74 Å². The maximum absolute atomic E-state index is 14.2. The van der Waals surface area contributed by atoms with Crippen LogP contribution in [0, 0.1) is 0 Å². The molecule has 1 aliphatic carbocycles. The number of hydrogen-bond acceptors (Lipinski definition) is 4. The van der Waals surface area contributed by atoms with Gasteiger partial charge in [0, 0.05) is 19.0 Å². The van der Waals surface area contributed by atoms with Crippen molar-refractivity contribution in [3.63, 3.8) is 0 Å². The fourth-order valence-electron chi connectivity index (χ4n) is 5.75. The van der Waals surface area contributed by atoms with Gasteiger partial charge in [-0.15, -0.1) is 0 Å². The van der Waals surface area contributed by atoms with Gasteiger partial charge >= 0.3 is 0 Å². The minimum Gasteiger partial charge on any atom is -0.497 e. The molecular weight excluding hydrogens is 428 g/mol. The third-order valence-electron chi connectivity index (χ3n) is 7.63. The highest BCUT2D eigenvalue weighted by atomic mass is 16.5. The van der Waals surface area contributed by atoms with E-state index in [1.165, 1.54) is 0 Å². The average molecular weight is 461 g/mol. The number of fused-ring (bicyclic) bond motifs is 1. The summed E-state index contributed by atoms with van der Waals surface area (Å²) in [5.74, 6) is 0.752. The van der Waals surface area contributed by atoms with Crippen LogP contribution in [-0.2, 0) is 22.1 Å². The number of rotatable bonds is 5. The van der Waals surface area contributed by atoms with Gasteiger partial charge in [0.15, 0.2) is 0 Å². The van der Waals surface area contributed by atoms with Crippen LogP contribution in [0.2, 0.25) is 0 Å². The minimum absolute atomic E-state index is 0.0922. The van der Waals surface area contributed by atoms with Crippen molar-refractivity contribution in [1.29, 1.82) is 0 Å². The molecule has 2 aromatic carbocycles. The number of hydrogen-bond donors (Lipinski definition) is 1. The van der Waals surface area contributed by atoms with E-state index in [1.54, 1.807) is 18.0 Å². The third-order valence-corrected chi connectivity index (χ3v) is 7.63. The lowest BCUT2D eigenvalue weighted by Gasteiger charge is -2.40. The molecule has 7 nitrogen and oxygen atoms in total. The lowest BCUT2D eigenvalue weighted by Crippen LogP contribution is -2.52. The number of amides is 2. The highest BCUT2D eigenvalue weighted by Crippen LogP contribution is 2.43. The summed E-state index contributed by atoms with van der Waals surface area (Å²) in [4.78, 5) is 29.4. The lowest BCUT2D eigenvalue weighted by atomic mass is 9.68. The summed E-state index contributed by atoms with van der Waals surface area (Å²) in [5.41, 5.74) is 2.15. The van der Waals surface area contributed by atoms with E-state index < -0.39 is 11.5 Å². The molecule has 0 spiro atoms. The van der Waals surface area contributed by atoms with E-state index in [0.29, 0.717) is 13.0 Å². The van der Waals surface area contributed by atoms with Crippen LogP contribution in [-0.4, -0.2) is 46.2 Å². The number of nitrogens with zero attached hydrogens (tertiary/aromatic N) is 3. The van der Waals surface area contributed by atoms with Gasteiger partial charge in [0.1, 0.15) is 11.8 Å². The molecule has 178 valence electrons. The molecule has 2 aliphatic rings. The number of anilines is 1. The van der Waals surface area contributed by atoms with Gasteiger partial charge in [0.05, 0.1) is 29.9 Å². The van der Waals surface area contributed by atoms with Crippen LogP contribution < -0.4 is 10.1 Å². The summed E-state index contributed by atoms with van der Waals surface area (Å²) < 4.78 is 7.12. The zero-order valence-corrected chi connectivity index (χ0v) is 19.9. The van der Waals surface area contributed by atoms with Crippen LogP contribution >= 0.6 is 0 Å². The van der Waals surface area contributed by atoms with Crippen molar-refractivity contribution in [2.75, 3.05) is 19.0 Å². The topological polar surface area (TPSA) is 76.5 Å². The van der Waals surface area contributed by atoms with Crippen molar-refractivity contribution in [2.45, 2.75) is 56.4 Å². The molecule has 2 heterocycles. The predicted molar refractivity (Wildman–Crippen MR) is 132 cm³/mol. The first-order valence-corrected chi connectivity index (χ1v) is 12.2. The molecule has 1 aromatic heterocycles. The second kappa shape index (κ2) is 9.12. The zero-order valence-electron chi connectivity index (χ0n) is 19.9. The van der Waals surface area contributed by atoms with Crippen molar-refractivity contribution in [2.24, 2.45) is 7.05 Å². The van der Waals surface area contributed by atoms with E-state index >= 15 is 0 Å². The van der Waals surface area contributed by atoms with Gasteiger partial charge in [0.2, 0.25) is 11.8 Å². The van der Waals surface area contributed by atoms with Gasteiger partial charge in [0.25, 0.3) is 0 Å². The first kappa shape index (κ1) is 22.4. The van der Waals surface area contributed by atoms with Crippen molar-refractivity contribution in [3.05, 3.63) is 54.2 Å². The Bertz CT molecular complexity index is 1190. The Morgan fingerprint density at radius 2 is 1.82 bits per heavy atom. The molecule has 0 radical (unpaired) electrons. The molecule has 2 amide bonds. The summed E-state index contributed by atoms with van der Waals surface area (Å²) >= 11 is 0. The van der Waals surface area contributed by atoms with Gasteiger partial charge in [-0.3, -0.25) is 14.3 Å². The maximum atomic E-state index is 14.2. The summed E-state index contributed by atoms with van der Waals surface area (Å²) in [6.45, 7) is 0.617. The first-order chi connectivity index (χ1) is 16.5. The van der Waals surface area contributed by atoms with E-state index in [0.717, 1.165) is 66.4 Å². The SMILES string of the molecule is COc1ccc(C2(C(=O)N3CCC[C@H]3C(=O)Nc3cccc4c3cnn4C)CCCCC2)cc1. The van der Waals surface area contributed by atoms with Crippen LogP contribution in [0.25, 0.3) is 10.9 Å². The molecule has 1 N–H and O–H groups in total. The Kier molecular flexibility index (Phi) is 6.02. The highest BCUT2D eigenvalue weighted by molar-refractivity contribution is 6.04. The normalized spacial score (nSPS) is 19.8. The molecule has 34 heavy (non-hydrogen) atoms. The molecule has 1 saturated carbocycles. The van der Waals surface area contributed by atoms with Gasteiger partial charge in [-0.1, -0.05) is 37.5 Å². The maximum Gasteiger partial charge on any atom is 0.247 e. The van der Waals surface area contributed by atoms with Crippen LogP contribution in [0.3, 0.4) is 0 Å². The largest absolute Gasteiger partial charge is 0.497 e. The fourth-order valence-corrected chi connectivity index (χ4v) is 5.75. The molecule has 3 aromatic rings. The third kappa shape index (κ3) is 3.83. The minimum atomic E-state index is -0.573. The molecule has 7 heteroatoms. The summed E-state index contributed by atoms with van der Waals surface area (Å²) in [6.07, 6.45) is 8.10. The Morgan fingerprint density at radius 3 is 2.56 bits per heavy atom. The van der Waals surface area contributed by atoms with Gasteiger partial charge in [-0.2, -0.15) is 5.10 Å². The van der Waals surface area contributed by atoms with Crippen LogP contribution in [0.15, 0.2) is 48.7 Å². The van der Waals surface area contributed by atoms with Crippen molar-refractivity contribution < 1.29 is 14.3 Å². The van der Waals surface area contributed by atoms with Crippen LogP contribution in [0.5, 0.6) is 5.75 Å². The molecule has 0 unspecified atom stereocenters. The predicted octanol–water partition coefficient (Wildman–Crippen LogP) is 4.41. The van der Waals surface area contributed by atoms with Gasteiger partial charge in [-0.05, 0) is 55.5 Å². The van der Waals surface area contributed by atoms with E-state index in [2.05, 4.69) is 10.4 Å². The Balaban J connectivity index is 1.42. The molecule has 1 saturated heterocycles. The quantitative estimate of drug-likeness (QED) is 0.612. The van der Waals surface area contributed by atoms with Gasteiger partial charge < -0.3 is 15.0 Å². The number of carbonyl (C=O) groups is 2. The molecule has 0 bridgehead atoms. The van der Waals surface area contributed by atoms with Crippen molar-refractivity contribution in [3.8, 4) is 5.75 Å². The fraction of sp³-hybridized carbons (Fsp3) is 0.444. The first-order valence-electron chi connectivity index (χ1n) is 12.2. The number of carbonyl (C=O) groups excluding carboxylic acids is 2. The number of methoxy groups -OCH3 is 1. The lowest BCUT2D eigenvalue weighted by molar-refractivity contribution is -0.143. The van der Waals surface area contributed by atoms with Gasteiger partial charge in [-0.25, -0.2) is 0 Å².